The highest BCUT2D eigenvalue weighted by atomic mass is 79.9. The van der Waals surface area contributed by atoms with Gasteiger partial charge in [0, 0.05) is 6.07 Å². The molecular weight excluding hydrogens is 380 g/mol. The standard InChI is InChI=1S/C15H15BrN4O4/c1-3-24-13-7-10(6-12(16)15(13)23-2)8-18-19-14-5-4-11(9-17-14)20(21)22/h4-9H,3H2,1-2H3,(H,17,19)/b18-8-. The van der Waals surface area contributed by atoms with Crippen molar-refractivity contribution in [2.75, 3.05) is 19.1 Å². The molecule has 0 aliphatic carbocycles. The van der Waals surface area contributed by atoms with Crippen LogP contribution >= 0.6 is 15.9 Å². The van der Waals surface area contributed by atoms with Gasteiger partial charge in [-0.3, -0.25) is 15.5 Å². The number of pyridine rings is 1. The van der Waals surface area contributed by atoms with Crippen LogP contribution in [0.2, 0.25) is 0 Å². The number of rotatable bonds is 7. The number of anilines is 1. The van der Waals surface area contributed by atoms with E-state index in [1.165, 1.54) is 12.1 Å². The Kier molecular flexibility index (Phi) is 6.07. The number of hydrogen-bond donors (Lipinski definition) is 1. The number of nitrogens with one attached hydrogen (secondary N) is 1. The van der Waals surface area contributed by atoms with Crippen LogP contribution in [-0.2, 0) is 0 Å². The van der Waals surface area contributed by atoms with Crippen LogP contribution in [0, 0.1) is 10.1 Å². The van der Waals surface area contributed by atoms with E-state index in [0.717, 1.165) is 16.2 Å². The lowest BCUT2D eigenvalue weighted by atomic mass is 10.2. The fraction of sp³-hybridized carbons (Fsp3) is 0.200. The summed E-state index contributed by atoms with van der Waals surface area (Å²) in [6.07, 6.45) is 2.74. The molecule has 0 spiro atoms. The maximum Gasteiger partial charge on any atom is 0.287 e. The van der Waals surface area contributed by atoms with E-state index in [-0.39, 0.29) is 5.69 Å². The summed E-state index contributed by atoms with van der Waals surface area (Å²) in [5.74, 6) is 1.61. The molecule has 1 aromatic carbocycles. The zero-order valence-corrected chi connectivity index (χ0v) is 14.6. The zero-order chi connectivity index (χ0) is 17.5. The van der Waals surface area contributed by atoms with Gasteiger partial charge in [0.25, 0.3) is 5.69 Å². The second-order valence-electron chi connectivity index (χ2n) is 4.50. The van der Waals surface area contributed by atoms with E-state index in [9.17, 15) is 10.1 Å². The number of halogens is 1. The van der Waals surface area contributed by atoms with Gasteiger partial charge in [-0.15, -0.1) is 0 Å². The minimum Gasteiger partial charge on any atom is -0.492 e. The summed E-state index contributed by atoms with van der Waals surface area (Å²) in [5.41, 5.74) is 3.41. The van der Waals surface area contributed by atoms with Gasteiger partial charge in [0.15, 0.2) is 11.5 Å². The Balaban J connectivity index is 2.12. The number of aromatic nitrogens is 1. The van der Waals surface area contributed by atoms with Gasteiger partial charge in [-0.05, 0) is 46.6 Å². The van der Waals surface area contributed by atoms with E-state index in [4.69, 9.17) is 9.47 Å². The minimum atomic E-state index is -0.510. The normalized spacial score (nSPS) is 10.6. The van der Waals surface area contributed by atoms with Crippen molar-refractivity contribution in [3.63, 3.8) is 0 Å². The Hall–Kier alpha value is -2.68. The quantitative estimate of drug-likeness (QED) is 0.437. The van der Waals surface area contributed by atoms with Gasteiger partial charge in [-0.2, -0.15) is 5.10 Å². The van der Waals surface area contributed by atoms with Gasteiger partial charge >= 0.3 is 0 Å². The minimum absolute atomic E-state index is 0.0787. The molecule has 0 amide bonds. The van der Waals surface area contributed by atoms with Crippen molar-refractivity contribution >= 4 is 33.6 Å². The Morgan fingerprint density at radius 2 is 2.25 bits per heavy atom. The molecule has 0 atom stereocenters. The Bertz CT molecular complexity index is 750. The summed E-state index contributed by atoms with van der Waals surface area (Å²) in [6, 6.07) is 6.45. The van der Waals surface area contributed by atoms with Crippen molar-refractivity contribution in [3.05, 3.63) is 50.6 Å². The monoisotopic (exact) mass is 394 g/mol. The lowest BCUT2D eigenvalue weighted by molar-refractivity contribution is -0.385. The predicted molar refractivity (Wildman–Crippen MR) is 94.0 cm³/mol. The number of ether oxygens (including phenoxy) is 2. The van der Waals surface area contributed by atoms with E-state index >= 15 is 0 Å². The van der Waals surface area contributed by atoms with Gasteiger partial charge in [0.05, 0.1) is 29.3 Å². The molecule has 9 heteroatoms. The molecule has 126 valence electrons. The third kappa shape index (κ3) is 4.42. The predicted octanol–water partition coefficient (Wildman–Crippen LogP) is 3.61. The van der Waals surface area contributed by atoms with E-state index < -0.39 is 4.92 Å². The lowest BCUT2D eigenvalue weighted by Crippen LogP contribution is -1.98. The molecule has 0 saturated heterocycles. The molecule has 0 bridgehead atoms. The first kappa shape index (κ1) is 17.7. The highest BCUT2D eigenvalue weighted by Gasteiger charge is 2.10. The average Bonchev–Trinajstić information content (AvgIpc) is 2.55. The molecule has 0 aliphatic heterocycles. The molecule has 1 N–H and O–H groups in total. The number of nitro groups is 1. The van der Waals surface area contributed by atoms with Crippen molar-refractivity contribution in [1.29, 1.82) is 0 Å². The van der Waals surface area contributed by atoms with Crippen LogP contribution in [0.15, 0.2) is 40.0 Å². The van der Waals surface area contributed by atoms with Crippen LogP contribution in [0.1, 0.15) is 12.5 Å². The van der Waals surface area contributed by atoms with Gasteiger partial charge in [0.2, 0.25) is 0 Å². The molecule has 24 heavy (non-hydrogen) atoms. The summed E-state index contributed by atoms with van der Waals surface area (Å²) in [4.78, 5) is 14.0. The average molecular weight is 395 g/mol. The van der Waals surface area contributed by atoms with Gasteiger partial charge < -0.3 is 9.47 Å². The summed E-state index contributed by atoms with van der Waals surface area (Å²) in [7, 11) is 1.57. The molecule has 2 rings (SSSR count). The number of hydrogen-bond acceptors (Lipinski definition) is 7. The van der Waals surface area contributed by atoms with E-state index in [1.54, 1.807) is 19.4 Å². The molecule has 8 nitrogen and oxygen atoms in total. The topological polar surface area (TPSA) is 98.9 Å². The maximum atomic E-state index is 10.6. The van der Waals surface area contributed by atoms with Crippen LogP contribution in [0.5, 0.6) is 11.5 Å². The van der Waals surface area contributed by atoms with Gasteiger partial charge in [-0.25, -0.2) is 4.98 Å². The second kappa shape index (κ2) is 8.25. The molecular formula is C15H15BrN4O4. The van der Waals surface area contributed by atoms with Crippen molar-refractivity contribution in [3.8, 4) is 11.5 Å². The lowest BCUT2D eigenvalue weighted by Gasteiger charge is -2.11. The third-order valence-corrected chi connectivity index (χ3v) is 3.48. The Labute approximate surface area is 146 Å². The molecule has 0 unspecified atom stereocenters. The SMILES string of the molecule is CCOc1cc(/C=N\Nc2ccc([N+](=O)[O-])cn2)cc(Br)c1OC. The number of benzene rings is 1. The zero-order valence-electron chi connectivity index (χ0n) is 13.0. The number of hydrazone groups is 1. The smallest absolute Gasteiger partial charge is 0.287 e. The molecule has 0 aliphatic rings. The Morgan fingerprint density at radius 1 is 1.46 bits per heavy atom. The summed E-state index contributed by atoms with van der Waals surface area (Å²) >= 11 is 3.42. The third-order valence-electron chi connectivity index (χ3n) is 2.89. The molecule has 1 heterocycles. The summed E-state index contributed by atoms with van der Waals surface area (Å²) in [5, 5.41) is 14.6. The summed E-state index contributed by atoms with van der Waals surface area (Å²) in [6.45, 7) is 2.39. The maximum absolute atomic E-state index is 10.6. The number of methoxy groups -OCH3 is 1. The molecule has 0 radical (unpaired) electrons. The van der Waals surface area contributed by atoms with Crippen LogP contribution in [0.3, 0.4) is 0 Å². The van der Waals surface area contributed by atoms with Crippen LogP contribution in [0.25, 0.3) is 0 Å². The van der Waals surface area contributed by atoms with Crippen LogP contribution < -0.4 is 14.9 Å². The highest BCUT2D eigenvalue weighted by Crippen LogP contribution is 2.36. The molecule has 0 saturated carbocycles. The van der Waals surface area contributed by atoms with Crippen molar-refractivity contribution < 1.29 is 14.4 Å². The van der Waals surface area contributed by atoms with Crippen LogP contribution in [-0.4, -0.2) is 29.8 Å². The van der Waals surface area contributed by atoms with Crippen LogP contribution in [0.4, 0.5) is 11.5 Å². The van der Waals surface area contributed by atoms with E-state index in [1.807, 2.05) is 13.0 Å². The second-order valence-corrected chi connectivity index (χ2v) is 5.35. The molecule has 2 aromatic rings. The largest absolute Gasteiger partial charge is 0.492 e. The number of nitrogens with zero attached hydrogens (tertiary/aromatic N) is 3. The Morgan fingerprint density at radius 3 is 2.83 bits per heavy atom. The van der Waals surface area contributed by atoms with Crippen molar-refractivity contribution in [2.45, 2.75) is 6.92 Å². The fourth-order valence-electron chi connectivity index (χ4n) is 1.86. The van der Waals surface area contributed by atoms with E-state index in [2.05, 4.69) is 31.4 Å². The summed E-state index contributed by atoms with van der Waals surface area (Å²) < 4.78 is 11.6. The first-order valence-electron chi connectivity index (χ1n) is 6.95. The van der Waals surface area contributed by atoms with Crippen molar-refractivity contribution in [2.24, 2.45) is 5.10 Å². The first-order valence-corrected chi connectivity index (χ1v) is 7.74. The first-order chi connectivity index (χ1) is 11.5. The highest BCUT2D eigenvalue weighted by molar-refractivity contribution is 9.10. The fourth-order valence-corrected chi connectivity index (χ4v) is 2.48. The molecule has 1 aromatic heterocycles. The van der Waals surface area contributed by atoms with Gasteiger partial charge in [-0.1, -0.05) is 0 Å². The van der Waals surface area contributed by atoms with Gasteiger partial charge in [0.1, 0.15) is 12.0 Å². The molecule has 0 fully saturated rings. The van der Waals surface area contributed by atoms with E-state index in [0.29, 0.717) is 23.9 Å². The van der Waals surface area contributed by atoms with Crippen molar-refractivity contribution in [1.82, 2.24) is 4.98 Å².